The van der Waals surface area contributed by atoms with Gasteiger partial charge in [0.1, 0.15) is 0 Å². The van der Waals surface area contributed by atoms with Crippen molar-refractivity contribution >= 4 is 16.9 Å². The van der Waals surface area contributed by atoms with Crippen molar-refractivity contribution in [1.29, 1.82) is 0 Å². The molecular formula is C16H19N3O2. The molecular weight excluding hydrogens is 266 g/mol. The van der Waals surface area contributed by atoms with Crippen LogP contribution in [-0.4, -0.2) is 21.5 Å². The Labute approximate surface area is 123 Å². The Morgan fingerprint density at radius 2 is 1.95 bits per heavy atom. The molecule has 1 heterocycles. The number of amides is 1. The van der Waals surface area contributed by atoms with Crippen LogP contribution in [0.5, 0.6) is 0 Å². The molecule has 21 heavy (non-hydrogen) atoms. The maximum Gasteiger partial charge on any atom is 0.282 e. The molecule has 1 aromatic heterocycles. The predicted molar refractivity (Wildman–Crippen MR) is 81.3 cm³/mol. The van der Waals surface area contributed by atoms with Crippen molar-refractivity contribution in [3.63, 3.8) is 0 Å². The number of benzene rings is 1. The molecule has 5 nitrogen and oxygen atoms in total. The van der Waals surface area contributed by atoms with E-state index in [0.717, 1.165) is 31.2 Å². The number of carbonyl (C=O) groups is 1. The predicted octanol–water partition coefficient (Wildman–Crippen LogP) is 2.00. The molecule has 0 aliphatic heterocycles. The Hall–Kier alpha value is -2.17. The summed E-state index contributed by atoms with van der Waals surface area (Å²) in [5.41, 5.74) is 1.04. The minimum atomic E-state index is -0.353. The van der Waals surface area contributed by atoms with E-state index >= 15 is 0 Å². The number of aryl methyl sites for hydroxylation is 1. The van der Waals surface area contributed by atoms with Crippen molar-refractivity contribution in [2.75, 3.05) is 0 Å². The minimum Gasteiger partial charge on any atom is -0.348 e. The first kappa shape index (κ1) is 13.8. The largest absolute Gasteiger partial charge is 0.348 e. The monoisotopic (exact) mass is 285 g/mol. The van der Waals surface area contributed by atoms with Gasteiger partial charge in [0.15, 0.2) is 5.69 Å². The van der Waals surface area contributed by atoms with Crippen LogP contribution >= 0.6 is 0 Å². The minimum absolute atomic E-state index is 0.0122. The lowest BCUT2D eigenvalue weighted by atomic mass is 9.95. The van der Waals surface area contributed by atoms with E-state index in [1.165, 1.54) is 11.0 Å². The number of para-hydroxylation sites is 2. The number of hydrogen-bond donors (Lipinski definition) is 1. The molecule has 1 aromatic carbocycles. The molecule has 2 aromatic rings. The first-order valence-electron chi connectivity index (χ1n) is 7.43. The molecule has 1 amide bonds. The van der Waals surface area contributed by atoms with E-state index in [-0.39, 0.29) is 23.2 Å². The van der Waals surface area contributed by atoms with Crippen LogP contribution in [0.15, 0.2) is 29.1 Å². The Bertz CT molecular complexity index is 730. The smallest absolute Gasteiger partial charge is 0.282 e. The molecule has 1 saturated carbocycles. The van der Waals surface area contributed by atoms with Gasteiger partial charge in [0.05, 0.1) is 11.0 Å². The molecule has 0 bridgehead atoms. The lowest BCUT2D eigenvalue weighted by Gasteiger charge is -2.22. The van der Waals surface area contributed by atoms with Crippen molar-refractivity contribution in [1.82, 2.24) is 14.9 Å². The molecule has 1 aliphatic rings. The van der Waals surface area contributed by atoms with Crippen molar-refractivity contribution in [2.45, 2.75) is 38.1 Å². The summed E-state index contributed by atoms with van der Waals surface area (Å²) in [6.07, 6.45) is 5.46. The van der Waals surface area contributed by atoms with Gasteiger partial charge < -0.3 is 9.88 Å². The van der Waals surface area contributed by atoms with E-state index in [9.17, 15) is 9.59 Å². The number of nitrogens with zero attached hydrogens (tertiary/aromatic N) is 2. The van der Waals surface area contributed by atoms with Crippen LogP contribution in [0.25, 0.3) is 11.0 Å². The summed E-state index contributed by atoms with van der Waals surface area (Å²) in [6, 6.07) is 7.51. The normalized spacial score (nSPS) is 16.0. The van der Waals surface area contributed by atoms with Crippen molar-refractivity contribution in [3.05, 3.63) is 40.3 Å². The molecule has 0 saturated heterocycles. The number of rotatable bonds is 2. The van der Waals surface area contributed by atoms with Gasteiger partial charge in [-0.25, -0.2) is 4.98 Å². The molecule has 0 atom stereocenters. The zero-order chi connectivity index (χ0) is 14.8. The molecule has 1 N–H and O–H groups in total. The third-order valence-corrected chi connectivity index (χ3v) is 4.14. The molecule has 0 spiro atoms. The van der Waals surface area contributed by atoms with Crippen LogP contribution in [-0.2, 0) is 7.05 Å². The highest BCUT2D eigenvalue weighted by atomic mass is 16.2. The first-order valence-corrected chi connectivity index (χ1v) is 7.43. The highest BCUT2D eigenvalue weighted by Gasteiger charge is 2.20. The fraction of sp³-hybridized carbons (Fsp3) is 0.438. The van der Waals surface area contributed by atoms with E-state index in [1.807, 2.05) is 24.3 Å². The van der Waals surface area contributed by atoms with Crippen LogP contribution in [0.3, 0.4) is 0 Å². The fourth-order valence-corrected chi connectivity index (χ4v) is 2.93. The molecule has 3 rings (SSSR count). The molecule has 0 unspecified atom stereocenters. The quantitative estimate of drug-likeness (QED) is 0.918. The number of nitrogens with one attached hydrogen (secondary N) is 1. The molecule has 1 fully saturated rings. The van der Waals surface area contributed by atoms with Crippen LogP contribution in [0.4, 0.5) is 0 Å². The number of fused-ring (bicyclic) bond motifs is 1. The van der Waals surface area contributed by atoms with Crippen LogP contribution in [0, 0.1) is 0 Å². The number of aromatic nitrogens is 2. The van der Waals surface area contributed by atoms with E-state index in [0.29, 0.717) is 5.52 Å². The van der Waals surface area contributed by atoms with E-state index in [4.69, 9.17) is 0 Å². The van der Waals surface area contributed by atoms with Gasteiger partial charge in [0.25, 0.3) is 11.5 Å². The maximum absolute atomic E-state index is 12.3. The Morgan fingerprint density at radius 3 is 2.71 bits per heavy atom. The first-order chi connectivity index (χ1) is 10.2. The van der Waals surface area contributed by atoms with Gasteiger partial charge in [0, 0.05) is 13.1 Å². The summed E-state index contributed by atoms with van der Waals surface area (Å²) in [7, 11) is 1.67. The number of hydrogen-bond acceptors (Lipinski definition) is 3. The summed E-state index contributed by atoms with van der Waals surface area (Å²) in [6.45, 7) is 0. The summed E-state index contributed by atoms with van der Waals surface area (Å²) in [5.74, 6) is -0.353. The summed E-state index contributed by atoms with van der Waals surface area (Å²) in [5, 5.41) is 2.95. The van der Waals surface area contributed by atoms with Crippen LogP contribution in [0.1, 0.15) is 42.6 Å². The summed E-state index contributed by atoms with van der Waals surface area (Å²) in [4.78, 5) is 28.9. The Kier molecular flexibility index (Phi) is 3.73. The SMILES string of the molecule is Cn1c(=O)c(C(=O)NC2CCCCC2)nc2ccccc21. The zero-order valence-corrected chi connectivity index (χ0v) is 12.1. The van der Waals surface area contributed by atoms with Gasteiger partial charge in [-0.3, -0.25) is 9.59 Å². The van der Waals surface area contributed by atoms with Crippen LogP contribution < -0.4 is 10.9 Å². The second-order valence-corrected chi connectivity index (χ2v) is 5.62. The van der Waals surface area contributed by atoms with Gasteiger partial charge in [-0.05, 0) is 25.0 Å². The van der Waals surface area contributed by atoms with Gasteiger partial charge in [-0.2, -0.15) is 0 Å². The lowest BCUT2D eigenvalue weighted by molar-refractivity contribution is 0.0921. The van der Waals surface area contributed by atoms with Crippen molar-refractivity contribution in [3.8, 4) is 0 Å². The standard InChI is InChI=1S/C16H19N3O2/c1-19-13-10-6-5-9-12(13)18-14(16(19)21)15(20)17-11-7-3-2-4-8-11/h5-6,9-11H,2-4,7-8H2,1H3,(H,17,20). The topological polar surface area (TPSA) is 64.0 Å². The fourth-order valence-electron chi connectivity index (χ4n) is 2.93. The molecule has 110 valence electrons. The average molecular weight is 285 g/mol. The van der Waals surface area contributed by atoms with Gasteiger partial charge >= 0.3 is 0 Å². The van der Waals surface area contributed by atoms with Gasteiger partial charge in [-0.1, -0.05) is 31.4 Å². The lowest BCUT2D eigenvalue weighted by Crippen LogP contribution is -2.40. The Balaban J connectivity index is 1.94. The number of carbonyl (C=O) groups excluding carboxylic acids is 1. The van der Waals surface area contributed by atoms with Gasteiger partial charge in [-0.15, -0.1) is 0 Å². The average Bonchev–Trinajstić information content (AvgIpc) is 2.52. The molecule has 1 aliphatic carbocycles. The molecule has 5 heteroatoms. The second kappa shape index (κ2) is 5.68. The van der Waals surface area contributed by atoms with Crippen molar-refractivity contribution in [2.24, 2.45) is 7.05 Å². The summed E-state index contributed by atoms with van der Waals surface area (Å²) >= 11 is 0. The zero-order valence-electron chi connectivity index (χ0n) is 12.1. The third kappa shape index (κ3) is 2.68. The third-order valence-electron chi connectivity index (χ3n) is 4.14. The van der Waals surface area contributed by atoms with E-state index < -0.39 is 0 Å². The van der Waals surface area contributed by atoms with Gasteiger partial charge in [0.2, 0.25) is 0 Å². The maximum atomic E-state index is 12.3. The molecule has 0 radical (unpaired) electrons. The van der Waals surface area contributed by atoms with Crippen LogP contribution in [0.2, 0.25) is 0 Å². The highest BCUT2D eigenvalue weighted by molar-refractivity contribution is 5.94. The van der Waals surface area contributed by atoms with E-state index in [2.05, 4.69) is 10.3 Å². The highest BCUT2D eigenvalue weighted by Crippen LogP contribution is 2.17. The Morgan fingerprint density at radius 1 is 1.24 bits per heavy atom. The second-order valence-electron chi connectivity index (χ2n) is 5.62. The van der Waals surface area contributed by atoms with Crippen molar-refractivity contribution < 1.29 is 4.79 Å². The summed E-state index contributed by atoms with van der Waals surface area (Å²) < 4.78 is 1.48. The van der Waals surface area contributed by atoms with E-state index in [1.54, 1.807) is 7.05 Å².